The number of aromatic nitrogens is 1. The van der Waals surface area contributed by atoms with Crippen molar-refractivity contribution in [3.8, 4) is 0 Å². The van der Waals surface area contributed by atoms with E-state index in [0.29, 0.717) is 5.56 Å². The third kappa shape index (κ3) is 7.78. The number of aromatic amines is 1. The fourth-order valence-electron chi connectivity index (χ4n) is 3.42. The number of amides is 3. The van der Waals surface area contributed by atoms with Crippen LogP contribution in [-0.4, -0.2) is 80.2 Å². The minimum Gasteiger partial charge on any atom is -0.481 e. The summed E-state index contributed by atoms with van der Waals surface area (Å²) in [5.74, 6) is -5.00. The maximum Gasteiger partial charge on any atom is 0.326 e. The molecular formula is C23H31N5O8. The van der Waals surface area contributed by atoms with Gasteiger partial charge in [-0.15, -0.1) is 0 Å². The van der Waals surface area contributed by atoms with Gasteiger partial charge in [-0.25, -0.2) is 4.79 Å². The normalized spacial score (nSPS) is 15.2. The van der Waals surface area contributed by atoms with Crippen molar-refractivity contribution in [2.75, 3.05) is 0 Å². The van der Waals surface area contributed by atoms with E-state index in [-0.39, 0.29) is 12.8 Å². The third-order valence-corrected chi connectivity index (χ3v) is 5.57. The molecule has 0 aliphatic rings. The molecule has 0 aliphatic heterocycles. The van der Waals surface area contributed by atoms with Crippen LogP contribution in [0.4, 0.5) is 0 Å². The van der Waals surface area contributed by atoms with E-state index in [2.05, 4.69) is 20.9 Å². The van der Waals surface area contributed by atoms with Gasteiger partial charge in [0.15, 0.2) is 0 Å². The number of H-pyrrole nitrogens is 1. The summed E-state index contributed by atoms with van der Waals surface area (Å²) in [7, 11) is 0. The fraction of sp³-hybridized carbons (Fsp3) is 0.435. The number of nitrogens with one attached hydrogen (secondary N) is 4. The van der Waals surface area contributed by atoms with Gasteiger partial charge >= 0.3 is 11.9 Å². The number of hydrogen-bond acceptors (Lipinski definition) is 7. The Labute approximate surface area is 206 Å². The number of rotatable bonds is 13. The van der Waals surface area contributed by atoms with Crippen molar-refractivity contribution in [3.05, 3.63) is 36.0 Å². The number of aliphatic hydroxyl groups is 1. The zero-order valence-electron chi connectivity index (χ0n) is 19.9. The Morgan fingerprint density at radius 2 is 1.58 bits per heavy atom. The number of carbonyl (C=O) groups excluding carboxylic acids is 3. The summed E-state index contributed by atoms with van der Waals surface area (Å²) in [6.45, 7) is 2.64. The van der Waals surface area contributed by atoms with Crippen LogP contribution in [0.2, 0.25) is 0 Å². The maximum atomic E-state index is 13.1. The highest BCUT2D eigenvalue weighted by Crippen LogP contribution is 2.19. The molecule has 0 bridgehead atoms. The average molecular weight is 506 g/mol. The number of nitrogens with two attached hydrogens (primary N) is 1. The van der Waals surface area contributed by atoms with Crippen LogP contribution in [0.15, 0.2) is 30.5 Å². The van der Waals surface area contributed by atoms with Gasteiger partial charge in [-0.05, 0) is 31.9 Å². The predicted molar refractivity (Wildman–Crippen MR) is 128 cm³/mol. The second-order valence-corrected chi connectivity index (χ2v) is 8.45. The van der Waals surface area contributed by atoms with Gasteiger partial charge in [0.25, 0.3) is 0 Å². The van der Waals surface area contributed by atoms with Crippen LogP contribution in [-0.2, 0) is 30.4 Å². The van der Waals surface area contributed by atoms with Gasteiger partial charge in [0, 0.05) is 29.9 Å². The van der Waals surface area contributed by atoms with Gasteiger partial charge in [0.05, 0.1) is 6.10 Å². The second-order valence-electron chi connectivity index (χ2n) is 8.45. The molecule has 0 aliphatic carbocycles. The number of carboxylic acids is 2. The lowest BCUT2D eigenvalue weighted by Crippen LogP contribution is -2.58. The van der Waals surface area contributed by atoms with Crippen molar-refractivity contribution < 1.29 is 39.3 Å². The summed E-state index contributed by atoms with van der Waals surface area (Å²) in [5, 5.41) is 35.6. The Hall–Kier alpha value is -3.97. The Kier molecular flexibility index (Phi) is 9.93. The van der Waals surface area contributed by atoms with E-state index >= 15 is 0 Å². The number of aliphatic carboxylic acids is 2. The lowest BCUT2D eigenvalue weighted by molar-refractivity contribution is -0.143. The van der Waals surface area contributed by atoms with Crippen molar-refractivity contribution in [1.29, 1.82) is 0 Å². The summed E-state index contributed by atoms with van der Waals surface area (Å²) < 4.78 is 0. The molecule has 9 N–H and O–H groups in total. The minimum absolute atomic E-state index is 0.0266. The zero-order chi connectivity index (χ0) is 27.0. The Morgan fingerprint density at radius 3 is 2.19 bits per heavy atom. The largest absolute Gasteiger partial charge is 0.481 e. The molecule has 0 radical (unpaired) electrons. The van der Waals surface area contributed by atoms with E-state index in [1.54, 1.807) is 6.20 Å². The third-order valence-electron chi connectivity index (χ3n) is 5.57. The number of benzene rings is 1. The molecule has 196 valence electrons. The van der Waals surface area contributed by atoms with Gasteiger partial charge in [-0.1, -0.05) is 18.2 Å². The topological polar surface area (TPSA) is 224 Å². The van der Waals surface area contributed by atoms with E-state index in [1.807, 2.05) is 24.3 Å². The highest BCUT2D eigenvalue weighted by Gasteiger charge is 2.30. The van der Waals surface area contributed by atoms with E-state index in [9.17, 15) is 34.2 Å². The van der Waals surface area contributed by atoms with Crippen LogP contribution in [0.5, 0.6) is 0 Å². The summed E-state index contributed by atoms with van der Waals surface area (Å²) in [6.07, 6.45) is -0.279. The first-order chi connectivity index (χ1) is 16.9. The first kappa shape index (κ1) is 28.3. The number of fused-ring (bicyclic) bond motifs is 1. The number of hydrogen-bond donors (Lipinski definition) is 8. The van der Waals surface area contributed by atoms with Crippen molar-refractivity contribution in [3.63, 3.8) is 0 Å². The molecule has 0 saturated heterocycles. The summed E-state index contributed by atoms with van der Waals surface area (Å²) in [4.78, 5) is 63.2. The van der Waals surface area contributed by atoms with Crippen LogP contribution < -0.4 is 21.7 Å². The number of para-hydroxylation sites is 1. The Bertz CT molecular complexity index is 1110. The second kappa shape index (κ2) is 12.7. The van der Waals surface area contributed by atoms with Crippen molar-refractivity contribution in [1.82, 2.24) is 20.9 Å². The maximum absolute atomic E-state index is 13.1. The minimum atomic E-state index is -1.46. The van der Waals surface area contributed by atoms with E-state index in [4.69, 9.17) is 10.8 Å². The van der Waals surface area contributed by atoms with Gasteiger partial charge < -0.3 is 42.0 Å². The van der Waals surface area contributed by atoms with Gasteiger partial charge in [0.1, 0.15) is 24.2 Å². The Morgan fingerprint density at radius 1 is 0.944 bits per heavy atom. The molecule has 5 atom stereocenters. The highest BCUT2D eigenvalue weighted by atomic mass is 16.4. The Balaban J connectivity index is 2.16. The lowest BCUT2D eigenvalue weighted by atomic mass is 10.0. The van der Waals surface area contributed by atoms with Crippen molar-refractivity contribution in [2.45, 2.75) is 63.4 Å². The van der Waals surface area contributed by atoms with E-state index < -0.39 is 66.4 Å². The summed E-state index contributed by atoms with van der Waals surface area (Å²) in [6, 6.07) is 2.16. The quantitative estimate of drug-likeness (QED) is 0.164. The van der Waals surface area contributed by atoms with Gasteiger partial charge in [0.2, 0.25) is 17.7 Å². The molecule has 5 unspecified atom stereocenters. The smallest absolute Gasteiger partial charge is 0.326 e. The standard InChI is InChI=1S/C23H31N5O8/c1-11(20(32)27-16(23(35)36)7-8-18(30)31)26-21(33)17(28-22(34)19(24)12(2)29)9-13-10-25-15-6-4-3-5-14(13)15/h3-6,10-12,16-17,19,25,29H,7-9,24H2,1-2H3,(H,26,33)(H,27,32)(H,28,34)(H,30,31)(H,35,36). The molecule has 2 aromatic rings. The molecule has 1 aromatic heterocycles. The van der Waals surface area contributed by atoms with Crippen LogP contribution in [0, 0.1) is 0 Å². The molecule has 2 rings (SSSR count). The van der Waals surface area contributed by atoms with Crippen LogP contribution >= 0.6 is 0 Å². The first-order valence-electron chi connectivity index (χ1n) is 11.2. The molecule has 0 saturated carbocycles. The fourth-order valence-corrected chi connectivity index (χ4v) is 3.42. The average Bonchev–Trinajstić information content (AvgIpc) is 3.22. The van der Waals surface area contributed by atoms with Gasteiger partial charge in [-0.3, -0.25) is 19.2 Å². The molecule has 13 nitrogen and oxygen atoms in total. The molecule has 13 heteroatoms. The zero-order valence-corrected chi connectivity index (χ0v) is 19.9. The number of aliphatic hydroxyl groups excluding tert-OH is 1. The lowest BCUT2D eigenvalue weighted by Gasteiger charge is -2.24. The van der Waals surface area contributed by atoms with Gasteiger partial charge in [-0.2, -0.15) is 0 Å². The molecular weight excluding hydrogens is 474 g/mol. The molecule has 1 heterocycles. The summed E-state index contributed by atoms with van der Waals surface area (Å²) >= 11 is 0. The van der Waals surface area contributed by atoms with Crippen LogP contribution in [0.1, 0.15) is 32.3 Å². The molecule has 3 amide bonds. The highest BCUT2D eigenvalue weighted by molar-refractivity contribution is 5.94. The number of carbonyl (C=O) groups is 5. The monoisotopic (exact) mass is 505 g/mol. The van der Waals surface area contributed by atoms with E-state index in [1.165, 1.54) is 13.8 Å². The molecule has 36 heavy (non-hydrogen) atoms. The first-order valence-corrected chi connectivity index (χ1v) is 11.2. The SMILES string of the molecule is CC(NC(=O)C(Cc1c[nH]c2ccccc12)NC(=O)C(N)C(C)O)C(=O)NC(CCC(=O)O)C(=O)O. The van der Waals surface area contributed by atoms with E-state index in [0.717, 1.165) is 10.9 Å². The van der Waals surface area contributed by atoms with Crippen LogP contribution in [0.3, 0.4) is 0 Å². The molecule has 1 aromatic carbocycles. The summed E-state index contributed by atoms with van der Waals surface area (Å²) in [5.41, 5.74) is 7.21. The molecule has 0 fully saturated rings. The van der Waals surface area contributed by atoms with Crippen molar-refractivity contribution in [2.24, 2.45) is 5.73 Å². The molecule has 0 spiro atoms. The number of carboxylic acid groups (broad SMARTS) is 2. The predicted octanol–water partition coefficient (Wildman–Crippen LogP) is -1.16. The van der Waals surface area contributed by atoms with Crippen LogP contribution in [0.25, 0.3) is 10.9 Å². The van der Waals surface area contributed by atoms with Crippen molar-refractivity contribution >= 4 is 40.6 Å².